The molecular weight excluding hydrogens is 228 g/mol. The van der Waals surface area contributed by atoms with Crippen LogP contribution in [0.25, 0.3) is 0 Å². The van der Waals surface area contributed by atoms with Crippen molar-refractivity contribution in [1.29, 1.82) is 0 Å². The molecule has 0 saturated carbocycles. The summed E-state index contributed by atoms with van der Waals surface area (Å²) in [5.74, 6) is -2.18. The van der Waals surface area contributed by atoms with Crippen molar-refractivity contribution in [2.24, 2.45) is 0 Å². The highest BCUT2D eigenvalue weighted by Gasteiger charge is 2.14. The first kappa shape index (κ1) is 13.6. The van der Waals surface area contributed by atoms with Gasteiger partial charge in [-0.15, -0.1) is 0 Å². The molecule has 1 unspecified atom stereocenters. The molecule has 1 amide bonds. The molecule has 0 aliphatic heterocycles. The zero-order valence-corrected chi connectivity index (χ0v) is 9.78. The van der Waals surface area contributed by atoms with Crippen LogP contribution in [0.3, 0.4) is 0 Å². The highest BCUT2D eigenvalue weighted by molar-refractivity contribution is 5.79. The number of nitrogens with zero attached hydrogens (tertiary/aromatic N) is 1. The summed E-state index contributed by atoms with van der Waals surface area (Å²) in [4.78, 5) is 12.7. The predicted octanol–water partition coefficient (Wildman–Crippen LogP) is 1.35. The summed E-state index contributed by atoms with van der Waals surface area (Å²) >= 11 is 0. The maximum absolute atomic E-state index is 12.9. The molecule has 0 saturated heterocycles. The molecule has 94 valence electrons. The average molecular weight is 243 g/mol. The summed E-state index contributed by atoms with van der Waals surface area (Å²) < 4.78 is 25.6. The van der Waals surface area contributed by atoms with Gasteiger partial charge < -0.3 is 10.0 Å². The fraction of sp³-hybridized carbons (Fsp3) is 0.417. The fourth-order valence-electron chi connectivity index (χ4n) is 1.42. The lowest BCUT2D eigenvalue weighted by molar-refractivity contribution is -0.137. The van der Waals surface area contributed by atoms with E-state index < -0.39 is 23.6 Å². The summed E-state index contributed by atoms with van der Waals surface area (Å²) in [6, 6.07) is 3.64. The molecule has 1 rings (SSSR count). The number of likely N-dealkylation sites (N-methyl/N-ethyl adjacent to an activating group) is 1. The number of carbonyl (C=O) groups is 1. The second-order valence-electron chi connectivity index (χ2n) is 3.93. The van der Waals surface area contributed by atoms with Crippen molar-refractivity contribution in [2.75, 3.05) is 13.6 Å². The number of aliphatic hydroxyl groups is 1. The van der Waals surface area contributed by atoms with E-state index in [2.05, 4.69) is 0 Å². The Balaban J connectivity index is 2.56. The molecular formula is C12H15F2NO2. The molecule has 0 radical (unpaired) electrons. The lowest BCUT2D eigenvalue weighted by Crippen LogP contribution is -2.35. The SMILES string of the molecule is CC(O)C(=O)N(C)CCc1ccc(F)c(F)c1. The Labute approximate surface area is 98.7 Å². The van der Waals surface area contributed by atoms with Crippen molar-refractivity contribution in [3.05, 3.63) is 35.4 Å². The number of aliphatic hydroxyl groups excluding tert-OH is 1. The molecule has 0 spiro atoms. The fourth-order valence-corrected chi connectivity index (χ4v) is 1.42. The highest BCUT2D eigenvalue weighted by Crippen LogP contribution is 2.09. The largest absolute Gasteiger partial charge is 0.384 e. The van der Waals surface area contributed by atoms with Crippen molar-refractivity contribution < 1.29 is 18.7 Å². The summed E-state index contributed by atoms with van der Waals surface area (Å²) in [7, 11) is 1.55. The average Bonchev–Trinajstić information content (AvgIpc) is 2.29. The van der Waals surface area contributed by atoms with Crippen molar-refractivity contribution in [1.82, 2.24) is 4.90 Å². The minimum atomic E-state index is -1.05. The van der Waals surface area contributed by atoms with Crippen LogP contribution in [-0.2, 0) is 11.2 Å². The highest BCUT2D eigenvalue weighted by atomic mass is 19.2. The van der Waals surface area contributed by atoms with Gasteiger partial charge in [-0.2, -0.15) is 0 Å². The number of rotatable bonds is 4. The van der Waals surface area contributed by atoms with Gasteiger partial charge >= 0.3 is 0 Å². The Hall–Kier alpha value is -1.49. The zero-order chi connectivity index (χ0) is 13.0. The Kier molecular flexibility index (Phi) is 4.57. The number of halogens is 2. The smallest absolute Gasteiger partial charge is 0.250 e. The van der Waals surface area contributed by atoms with Crippen LogP contribution in [0.2, 0.25) is 0 Å². The monoisotopic (exact) mass is 243 g/mol. The van der Waals surface area contributed by atoms with Gasteiger partial charge in [0, 0.05) is 13.6 Å². The van der Waals surface area contributed by atoms with Gasteiger partial charge in [0.25, 0.3) is 5.91 Å². The molecule has 0 fully saturated rings. The third-order valence-corrected chi connectivity index (χ3v) is 2.45. The summed E-state index contributed by atoms with van der Waals surface area (Å²) in [5, 5.41) is 9.07. The van der Waals surface area contributed by atoms with Gasteiger partial charge in [0.15, 0.2) is 11.6 Å². The maximum Gasteiger partial charge on any atom is 0.250 e. The van der Waals surface area contributed by atoms with E-state index in [0.29, 0.717) is 18.5 Å². The van der Waals surface area contributed by atoms with Crippen molar-refractivity contribution >= 4 is 5.91 Å². The lowest BCUT2D eigenvalue weighted by atomic mass is 10.1. The molecule has 5 heteroatoms. The van der Waals surface area contributed by atoms with Crippen LogP contribution in [0, 0.1) is 11.6 Å². The van der Waals surface area contributed by atoms with Gasteiger partial charge in [0.2, 0.25) is 0 Å². The predicted molar refractivity (Wildman–Crippen MR) is 59.4 cm³/mol. The molecule has 0 aromatic heterocycles. The number of benzene rings is 1. The van der Waals surface area contributed by atoms with E-state index in [0.717, 1.165) is 12.1 Å². The minimum Gasteiger partial charge on any atom is -0.384 e. The number of carbonyl (C=O) groups excluding carboxylic acids is 1. The number of hydrogen-bond acceptors (Lipinski definition) is 2. The van der Waals surface area contributed by atoms with Gasteiger partial charge in [0.1, 0.15) is 6.10 Å². The molecule has 0 aliphatic rings. The van der Waals surface area contributed by atoms with Crippen molar-refractivity contribution in [3.63, 3.8) is 0 Å². The van der Waals surface area contributed by atoms with Crippen molar-refractivity contribution in [2.45, 2.75) is 19.4 Å². The second-order valence-corrected chi connectivity index (χ2v) is 3.93. The quantitative estimate of drug-likeness (QED) is 0.867. The van der Waals surface area contributed by atoms with Gasteiger partial charge in [-0.3, -0.25) is 4.79 Å². The van der Waals surface area contributed by atoms with Crippen LogP contribution in [0.15, 0.2) is 18.2 Å². The standard InChI is InChI=1S/C12H15F2NO2/c1-8(16)12(17)15(2)6-5-9-3-4-10(13)11(14)7-9/h3-4,7-8,16H,5-6H2,1-2H3. The van der Waals surface area contributed by atoms with E-state index in [-0.39, 0.29) is 0 Å². The molecule has 1 aromatic carbocycles. The Bertz CT molecular complexity index is 407. The Morgan fingerprint density at radius 2 is 2.06 bits per heavy atom. The summed E-state index contributed by atoms with van der Waals surface area (Å²) in [6.07, 6.45) is -0.642. The third-order valence-electron chi connectivity index (χ3n) is 2.45. The lowest BCUT2D eigenvalue weighted by Gasteiger charge is -2.18. The van der Waals surface area contributed by atoms with Crippen LogP contribution < -0.4 is 0 Å². The van der Waals surface area contributed by atoms with Gasteiger partial charge in [-0.1, -0.05) is 6.07 Å². The molecule has 0 bridgehead atoms. The van der Waals surface area contributed by atoms with Crippen LogP contribution in [0.4, 0.5) is 8.78 Å². The first-order chi connectivity index (χ1) is 7.91. The Morgan fingerprint density at radius 1 is 1.41 bits per heavy atom. The molecule has 1 N–H and O–H groups in total. The van der Waals surface area contributed by atoms with E-state index in [1.807, 2.05) is 0 Å². The van der Waals surface area contributed by atoms with Gasteiger partial charge in [-0.05, 0) is 31.0 Å². The van der Waals surface area contributed by atoms with E-state index in [1.54, 1.807) is 7.05 Å². The van der Waals surface area contributed by atoms with Crippen molar-refractivity contribution in [3.8, 4) is 0 Å². The maximum atomic E-state index is 12.9. The molecule has 1 aromatic rings. The van der Waals surface area contributed by atoms with Crippen LogP contribution in [0.1, 0.15) is 12.5 Å². The summed E-state index contributed by atoms with van der Waals surface area (Å²) in [6.45, 7) is 1.73. The van der Waals surface area contributed by atoms with Gasteiger partial charge in [-0.25, -0.2) is 8.78 Å². The van der Waals surface area contributed by atoms with E-state index in [1.165, 1.54) is 17.9 Å². The Morgan fingerprint density at radius 3 is 2.59 bits per heavy atom. The van der Waals surface area contributed by atoms with E-state index in [9.17, 15) is 13.6 Å². The van der Waals surface area contributed by atoms with Crippen LogP contribution >= 0.6 is 0 Å². The third kappa shape index (κ3) is 3.78. The normalized spacial score (nSPS) is 12.3. The van der Waals surface area contributed by atoms with Crippen LogP contribution in [0.5, 0.6) is 0 Å². The zero-order valence-electron chi connectivity index (χ0n) is 9.78. The van der Waals surface area contributed by atoms with Gasteiger partial charge in [0.05, 0.1) is 0 Å². The molecule has 1 atom stereocenters. The van der Waals surface area contributed by atoms with E-state index >= 15 is 0 Å². The topological polar surface area (TPSA) is 40.5 Å². The first-order valence-electron chi connectivity index (χ1n) is 5.28. The molecule has 3 nitrogen and oxygen atoms in total. The number of hydrogen-bond donors (Lipinski definition) is 1. The summed E-state index contributed by atoms with van der Waals surface area (Å²) in [5.41, 5.74) is 0.606. The van der Waals surface area contributed by atoms with Crippen LogP contribution in [-0.4, -0.2) is 35.6 Å². The van der Waals surface area contributed by atoms with E-state index in [4.69, 9.17) is 5.11 Å². The molecule has 0 aliphatic carbocycles. The first-order valence-corrected chi connectivity index (χ1v) is 5.28. The molecule has 0 heterocycles. The number of amides is 1. The second kappa shape index (κ2) is 5.72. The minimum absolute atomic E-state index is 0.342. The molecule has 17 heavy (non-hydrogen) atoms.